The molecule has 4 saturated heterocycles. The van der Waals surface area contributed by atoms with Gasteiger partial charge in [-0.1, -0.05) is 53.3 Å². The van der Waals surface area contributed by atoms with Gasteiger partial charge in [-0.15, -0.1) is 0 Å². The molecule has 0 bridgehead atoms. The van der Waals surface area contributed by atoms with Crippen LogP contribution in [0.1, 0.15) is 134 Å². The number of hydrogen-bond donors (Lipinski definition) is 11. The normalized spacial score (nSPS) is 16.8. The van der Waals surface area contributed by atoms with Crippen molar-refractivity contribution in [1.29, 1.82) is 0 Å². The highest BCUT2D eigenvalue weighted by molar-refractivity contribution is 6.32. The van der Waals surface area contributed by atoms with E-state index in [-0.39, 0.29) is 86.0 Å². The summed E-state index contributed by atoms with van der Waals surface area (Å²) in [5.74, 6) is -2.27. The van der Waals surface area contributed by atoms with Gasteiger partial charge in [0.2, 0.25) is 23.6 Å². The zero-order valence-corrected chi connectivity index (χ0v) is 73.7. The molecule has 0 radical (unpaired) electrons. The lowest BCUT2D eigenvalue weighted by Crippen LogP contribution is -2.46. The zero-order chi connectivity index (χ0) is 94.2. The molecule has 1 aliphatic carbocycles. The fourth-order valence-electron chi connectivity index (χ4n) is 15.4. The number of alkyl halides is 9. The van der Waals surface area contributed by atoms with Crippen molar-refractivity contribution in [2.24, 2.45) is 0 Å². The molecule has 12 aromatic rings. The third-order valence-electron chi connectivity index (χ3n) is 21.5. The molecule has 7 amide bonds. The average molecular weight is 1920 g/mol. The number of nitrogens with zero attached hydrogens (tertiary/aromatic N) is 16. The molecule has 4 aliphatic heterocycles. The third kappa shape index (κ3) is 23.3. The molecule has 0 unspecified atom stereocenters. The Balaban J connectivity index is 0.000000172. The number of pyridine rings is 4. The first-order valence-electron chi connectivity index (χ1n) is 41.9. The molecular formula is C84H91Cl4F10N27O7. The maximum absolute atomic E-state index is 14.6. The smallest absolute Gasteiger partial charge is 0.352 e. The topological polar surface area (TPSA) is 434 Å². The number of carbonyl (C=O) groups excluding carboxylic acids is 7. The van der Waals surface area contributed by atoms with Gasteiger partial charge in [-0.25, -0.2) is 64.2 Å². The van der Waals surface area contributed by atoms with Crippen LogP contribution in [0.25, 0.3) is 89.7 Å². The highest BCUT2D eigenvalue weighted by Crippen LogP contribution is 2.39. The van der Waals surface area contributed by atoms with Crippen LogP contribution in [0.15, 0.2) is 98.2 Å². The summed E-state index contributed by atoms with van der Waals surface area (Å²) in [7, 11) is 0. The number of nitrogens with one attached hydrogen (secondary N) is 11. The molecule has 17 rings (SSSR count). The van der Waals surface area contributed by atoms with Gasteiger partial charge in [0.1, 0.15) is 101 Å². The highest BCUT2D eigenvalue weighted by atomic mass is 35.5. The molecule has 12 aromatic heterocycles. The van der Waals surface area contributed by atoms with Crippen molar-refractivity contribution in [1.82, 2.24) is 117 Å². The van der Waals surface area contributed by atoms with Gasteiger partial charge < -0.3 is 76.8 Å². The summed E-state index contributed by atoms with van der Waals surface area (Å²) in [6.45, 7) is 5.75. The van der Waals surface area contributed by atoms with Crippen LogP contribution in [-0.2, 0) is 19.2 Å². The number of anilines is 4. The Hall–Kier alpha value is -13.0. The van der Waals surface area contributed by atoms with E-state index in [9.17, 15) is 77.5 Å². The van der Waals surface area contributed by atoms with Gasteiger partial charge >= 0.3 is 18.5 Å². The number of aromatic amines is 4. The number of carbonyl (C=O) groups is 7. The first-order chi connectivity index (χ1) is 62.9. The van der Waals surface area contributed by atoms with Gasteiger partial charge in [-0.05, 0) is 116 Å². The first kappa shape index (κ1) is 95.1. The fraction of sp³-hybridized carbons (Fsp3) is 0.393. The molecule has 5 fully saturated rings. The van der Waals surface area contributed by atoms with Crippen molar-refractivity contribution in [2.45, 2.75) is 153 Å². The standard InChI is InChI=1S/C22H21ClF3N7O2.C22H23ClF3N7O2.C21H21ClF3N7O2.C19H20ClFN6O.3H2/c23-11-6-13-14(9-28-18(13)27-8-11)19-31-15(20(34)30-12-3-4-12)7-17(32-19)33-5-1-2-16(33)21(35)29-10-22(24,25)26;1-2-5-27-20(34)15-8-17(33-6-3-4-16(33)21(35)30-11-22(24,25)26)32-19(31-15)14-10-29-18-13(14)7-12(23)9-28-18;1-2-26-19(33)14-7-16(32-5-3-4-15(32)20(34)29-10-21(23,24)25)31-18(30-14)13-9-28-17-12(13)6-11(22)8-27-17;1-10(2)25-19(28)15-4-3-5-27(15)18-14(21)9-24-17(26-18)13-8-23-16-12(13)6-11(20)7-22-16;;;/h6-9,12,16H,1-5,10H2,(H,27,28)(H,29,35)(H,30,34);7-10,16H,2-6,11H2,1H3,(H,27,34)(H,28,29)(H,30,35);6-9,15H,2-5,10H2,1H3,(H,26,33)(H,27,28)(H,29,34);6-10,15H,3-5H2,1-2H3,(H,22,23)(H,25,28);3*1H/t2*16-;2*15-;;;/m1111.../s1. The van der Waals surface area contributed by atoms with Crippen LogP contribution in [0.5, 0.6) is 0 Å². The molecule has 702 valence electrons. The van der Waals surface area contributed by atoms with E-state index in [1.54, 1.807) is 81.8 Å². The Morgan fingerprint density at radius 1 is 0.417 bits per heavy atom. The lowest BCUT2D eigenvalue weighted by Gasteiger charge is -2.26. The second-order valence-corrected chi connectivity index (χ2v) is 33.4. The number of halogens is 14. The average Bonchev–Trinajstić information content (AvgIpc) is 1.61. The number of hydrogen-bond acceptors (Lipinski definition) is 23. The molecule has 48 heteroatoms. The highest BCUT2D eigenvalue weighted by Gasteiger charge is 2.41. The minimum Gasteiger partial charge on any atom is -0.352 e. The van der Waals surface area contributed by atoms with E-state index in [0.29, 0.717) is 171 Å². The molecule has 0 aromatic carbocycles. The van der Waals surface area contributed by atoms with Crippen LogP contribution in [-0.4, -0.2) is 235 Å². The van der Waals surface area contributed by atoms with E-state index < -0.39 is 97.7 Å². The molecular weight excluding hydrogens is 1830 g/mol. The second kappa shape index (κ2) is 40.8. The number of H-pyrrole nitrogens is 4. The third-order valence-corrected chi connectivity index (χ3v) is 22.3. The predicted molar refractivity (Wildman–Crippen MR) is 478 cm³/mol. The Labute approximate surface area is 768 Å². The minimum absolute atomic E-state index is 0. The molecule has 132 heavy (non-hydrogen) atoms. The first-order valence-corrected chi connectivity index (χ1v) is 43.4. The zero-order valence-electron chi connectivity index (χ0n) is 70.6. The molecule has 11 N–H and O–H groups in total. The molecule has 5 aliphatic rings. The largest absolute Gasteiger partial charge is 0.405 e. The Kier molecular flexibility index (Phi) is 29.4. The Morgan fingerprint density at radius 3 is 1.08 bits per heavy atom. The van der Waals surface area contributed by atoms with Crippen molar-refractivity contribution >= 4 is 155 Å². The lowest BCUT2D eigenvalue weighted by molar-refractivity contribution is -0.139. The SMILES string of the molecule is CC(C)NC(=O)[C@H]1CCCN1c1nc(-c2c[nH]c3ncc(Cl)cc23)ncc1F.CCCNC(=O)c1cc(N2CCC[C@@H]2C(=O)NCC(F)(F)F)nc(-c2c[nH]c3ncc(Cl)cc23)n1.CCNC(=O)c1cc(N2CCC[C@@H]2C(=O)NCC(F)(F)F)nc(-c2c[nH]c3ncc(Cl)cc23)n1.O=C(NC1CC1)c1cc(N2CCC[C@@H]2C(=O)NCC(F)(F)F)nc(-c2c[nH]c3ncc(Cl)cc23)n1.[HH].[HH].[HH]. The summed E-state index contributed by atoms with van der Waals surface area (Å²) in [6.07, 6.45) is 6.98. The van der Waals surface area contributed by atoms with E-state index in [1.807, 2.05) is 36.7 Å². The van der Waals surface area contributed by atoms with E-state index >= 15 is 0 Å². The number of aromatic nitrogens is 16. The summed E-state index contributed by atoms with van der Waals surface area (Å²) in [5.41, 5.74) is 4.81. The fourth-order valence-corrected chi connectivity index (χ4v) is 16.0. The molecule has 0 spiro atoms. The van der Waals surface area contributed by atoms with Crippen molar-refractivity contribution in [3.63, 3.8) is 0 Å². The van der Waals surface area contributed by atoms with E-state index in [4.69, 9.17) is 46.4 Å². The lowest BCUT2D eigenvalue weighted by atomic mass is 10.2. The van der Waals surface area contributed by atoms with Crippen LogP contribution < -0.4 is 56.8 Å². The number of fused-ring (bicyclic) bond motifs is 4. The maximum Gasteiger partial charge on any atom is 0.405 e. The minimum atomic E-state index is -4.52. The summed E-state index contributed by atoms with van der Waals surface area (Å²) < 4.78 is 128. The van der Waals surface area contributed by atoms with Gasteiger partial charge in [0.15, 0.2) is 34.9 Å². The van der Waals surface area contributed by atoms with E-state index in [0.717, 1.165) is 37.3 Å². The summed E-state index contributed by atoms with van der Waals surface area (Å²) in [6, 6.07) is 8.28. The van der Waals surface area contributed by atoms with E-state index in [2.05, 4.69) is 101 Å². The summed E-state index contributed by atoms with van der Waals surface area (Å²) in [5, 5.41) is 21.4. The maximum atomic E-state index is 14.6. The summed E-state index contributed by atoms with van der Waals surface area (Å²) >= 11 is 24.4. The van der Waals surface area contributed by atoms with Gasteiger partial charge in [0, 0.05) is 167 Å². The van der Waals surface area contributed by atoms with Gasteiger partial charge in [0.25, 0.3) is 17.7 Å². The van der Waals surface area contributed by atoms with Crippen molar-refractivity contribution in [2.75, 3.05) is 78.5 Å². The second-order valence-electron chi connectivity index (χ2n) is 31.6. The van der Waals surface area contributed by atoms with Crippen molar-refractivity contribution in [3.8, 4) is 45.6 Å². The Bertz CT molecular complexity index is 6310. The van der Waals surface area contributed by atoms with Gasteiger partial charge in [-0.2, -0.15) is 39.5 Å². The Morgan fingerprint density at radius 2 is 0.750 bits per heavy atom. The molecule has 1 saturated carbocycles. The van der Waals surface area contributed by atoms with Gasteiger partial charge in [0.05, 0.1) is 26.3 Å². The quantitative estimate of drug-likeness (QED) is 0.0265. The molecule has 16 heterocycles. The summed E-state index contributed by atoms with van der Waals surface area (Å²) in [4.78, 5) is 160. The van der Waals surface area contributed by atoms with Crippen LogP contribution in [0.3, 0.4) is 0 Å². The van der Waals surface area contributed by atoms with Gasteiger partial charge in [-0.3, -0.25) is 33.6 Å². The van der Waals surface area contributed by atoms with Crippen LogP contribution in [0.2, 0.25) is 20.1 Å². The predicted octanol–water partition coefficient (Wildman–Crippen LogP) is 13.8. The monoisotopic (exact) mass is 1920 g/mol. The van der Waals surface area contributed by atoms with Crippen LogP contribution in [0.4, 0.5) is 67.2 Å². The molecule has 4 atom stereocenters. The number of rotatable bonds is 23. The van der Waals surface area contributed by atoms with Crippen LogP contribution in [0, 0.1) is 5.82 Å². The number of amides is 7. The van der Waals surface area contributed by atoms with Crippen molar-refractivity contribution < 1.29 is 81.7 Å². The van der Waals surface area contributed by atoms with Crippen LogP contribution >= 0.6 is 46.4 Å². The molecule has 34 nitrogen and oxygen atoms in total. The van der Waals surface area contributed by atoms with E-state index in [1.165, 1.54) is 36.8 Å². The van der Waals surface area contributed by atoms with Crippen molar-refractivity contribution in [3.05, 3.63) is 141 Å².